The van der Waals surface area contributed by atoms with E-state index in [-0.39, 0.29) is 0 Å². The highest BCUT2D eigenvalue weighted by atomic mass is 15.4. The third-order valence-electron chi connectivity index (χ3n) is 4.02. The Kier molecular flexibility index (Phi) is 2.44. The second-order valence-corrected chi connectivity index (χ2v) is 7.11. The standard InChI is InChI=1S/C13H26N2/c1-12(2,3)14-8-7-10-11(14)9-15(10)13(4,5)6/h10-11H,7-9H2,1-6H3/t10-,11-/m1/s1. The number of hydrogen-bond donors (Lipinski definition) is 0. The van der Waals surface area contributed by atoms with E-state index in [2.05, 4.69) is 51.3 Å². The van der Waals surface area contributed by atoms with Crippen LogP contribution in [0.4, 0.5) is 0 Å². The third-order valence-corrected chi connectivity index (χ3v) is 4.02. The molecule has 2 saturated heterocycles. The Hall–Kier alpha value is -0.0800. The molecule has 0 saturated carbocycles. The minimum Gasteiger partial charge on any atom is -0.293 e. The molecule has 0 aliphatic carbocycles. The maximum Gasteiger partial charge on any atom is 0.0385 e. The van der Waals surface area contributed by atoms with E-state index in [1.807, 2.05) is 0 Å². The Labute approximate surface area is 94.6 Å². The molecule has 88 valence electrons. The summed E-state index contributed by atoms with van der Waals surface area (Å²) >= 11 is 0. The number of hydrogen-bond acceptors (Lipinski definition) is 2. The number of fused-ring (bicyclic) bond motifs is 1. The van der Waals surface area contributed by atoms with Gasteiger partial charge in [0, 0.05) is 36.3 Å². The molecule has 2 rings (SSSR count). The van der Waals surface area contributed by atoms with E-state index in [0.717, 1.165) is 12.1 Å². The molecule has 2 fully saturated rings. The fourth-order valence-electron chi connectivity index (χ4n) is 3.22. The molecule has 2 heteroatoms. The summed E-state index contributed by atoms with van der Waals surface area (Å²) in [7, 11) is 0. The lowest BCUT2D eigenvalue weighted by Gasteiger charge is -2.55. The maximum absolute atomic E-state index is 2.69. The van der Waals surface area contributed by atoms with E-state index >= 15 is 0 Å². The minimum absolute atomic E-state index is 0.351. The molecule has 15 heavy (non-hydrogen) atoms. The van der Waals surface area contributed by atoms with Crippen molar-refractivity contribution < 1.29 is 0 Å². The largest absolute Gasteiger partial charge is 0.293 e. The van der Waals surface area contributed by atoms with Crippen LogP contribution in [0, 0.1) is 0 Å². The Balaban J connectivity index is 2.03. The number of nitrogens with zero attached hydrogens (tertiary/aromatic N) is 2. The average Bonchev–Trinajstić information content (AvgIpc) is 2.22. The van der Waals surface area contributed by atoms with Crippen molar-refractivity contribution in [3.05, 3.63) is 0 Å². The van der Waals surface area contributed by atoms with Gasteiger partial charge in [0.1, 0.15) is 0 Å². The van der Waals surface area contributed by atoms with Crippen molar-refractivity contribution in [2.75, 3.05) is 13.1 Å². The molecule has 0 aromatic rings. The van der Waals surface area contributed by atoms with Crippen LogP contribution in [0.1, 0.15) is 48.0 Å². The first-order valence-electron chi connectivity index (χ1n) is 6.25. The van der Waals surface area contributed by atoms with Crippen molar-refractivity contribution in [1.29, 1.82) is 0 Å². The molecular weight excluding hydrogens is 184 g/mol. The summed E-state index contributed by atoms with van der Waals surface area (Å²) in [4.78, 5) is 5.36. The predicted molar refractivity (Wildman–Crippen MR) is 65.1 cm³/mol. The zero-order chi connectivity index (χ0) is 11.4. The molecule has 2 nitrogen and oxygen atoms in total. The van der Waals surface area contributed by atoms with Gasteiger partial charge in [0.2, 0.25) is 0 Å². The lowest BCUT2D eigenvalue weighted by molar-refractivity contribution is -0.0613. The highest BCUT2D eigenvalue weighted by Crippen LogP contribution is 2.40. The van der Waals surface area contributed by atoms with Gasteiger partial charge in [-0.2, -0.15) is 0 Å². The fraction of sp³-hybridized carbons (Fsp3) is 1.00. The van der Waals surface area contributed by atoms with Gasteiger partial charge in [0.05, 0.1) is 0 Å². The molecule has 0 aromatic carbocycles. The highest BCUT2D eigenvalue weighted by Gasteiger charge is 2.52. The molecular formula is C13H26N2. The third kappa shape index (κ3) is 1.83. The van der Waals surface area contributed by atoms with Crippen molar-refractivity contribution in [2.45, 2.75) is 71.1 Å². The minimum atomic E-state index is 0.351. The first-order valence-corrected chi connectivity index (χ1v) is 6.25. The van der Waals surface area contributed by atoms with Crippen LogP contribution in [0.5, 0.6) is 0 Å². The van der Waals surface area contributed by atoms with Crippen LogP contribution < -0.4 is 0 Å². The lowest BCUT2D eigenvalue weighted by Crippen LogP contribution is -2.68. The molecule has 0 spiro atoms. The lowest BCUT2D eigenvalue weighted by atomic mass is 9.88. The van der Waals surface area contributed by atoms with Crippen molar-refractivity contribution >= 4 is 0 Å². The van der Waals surface area contributed by atoms with E-state index in [0.29, 0.717) is 11.1 Å². The van der Waals surface area contributed by atoms with Gasteiger partial charge >= 0.3 is 0 Å². The van der Waals surface area contributed by atoms with E-state index in [1.165, 1.54) is 19.5 Å². The first-order chi connectivity index (χ1) is 6.71. The summed E-state index contributed by atoms with van der Waals surface area (Å²) in [6.07, 6.45) is 1.36. The second kappa shape index (κ2) is 3.21. The molecule has 0 unspecified atom stereocenters. The topological polar surface area (TPSA) is 6.48 Å². The van der Waals surface area contributed by atoms with Crippen molar-refractivity contribution in [3.63, 3.8) is 0 Å². The molecule has 0 bridgehead atoms. The van der Waals surface area contributed by atoms with Crippen LogP contribution in [0.3, 0.4) is 0 Å². The highest BCUT2D eigenvalue weighted by molar-refractivity contribution is 5.09. The Morgan fingerprint density at radius 3 is 1.80 bits per heavy atom. The second-order valence-electron chi connectivity index (χ2n) is 7.11. The average molecular weight is 210 g/mol. The predicted octanol–water partition coefficient (Wildman–Crippen LogP) is 2.34. The van der Waals surface area contributed by atoms with Gasteiger partial charge in [0.15, 0.2) is 0 Å². The normalized spacial score (nSPS) is 34.0. The molecule has 0 amide bonds. The summed E-state index contributed by atoms with van der Waals surface area (Å²) in [6.45, 7) is 16.6. The maximum atomic E-state index is 2.69. The quantitative estimate of drug-likeness (QED) is 0.605. The molecule has 0 aromatic heterocycles. The first kappa shape index (κ1) is 11.4. The molecule has 2 aliphatic rings. The van der Waals surface area contributed by atoms with E-state index in [1.54, 1.807) is 0 Å². The SMILES string of the molecule is CC(C)(C)N1CC[C@@H]2[C@H]1CN2C(C)(C)C. The zero-order valence-corrected chi connectivity index (χ0v) is 11.2. The van der Waals surface area contributed by atoms with Crippen molar-refractivity contribution in [2.24, 2.45) is 0 Å². The van der Waals surface area contributed by atoms with Crippen LogP contribution >= 0.6 is 0 Å². The summed E-state index contributed by atoms with van der Waals surface area (Å²) in [5.41, 5.74) is 0.707. The molecule has 0 radical (unpaired) electrons. The van der Waals surface area contributed by atoms with Gasteiger partial charge in [-0.05, 0) is 48.0 Å². The molecule has 2 aliphatic heterocycles. The van der Waals surface area contributed by atoms with Gasteiger partial charge in [0.25, 0.3) is 0 Å². The molecule has 2 atom stereocenters. The van der Waals surface area contributed by atoms with E-state index < -0.39 is 0 Å². The van der Waals surface area contributed by atoms with Gasteiger partial charge in [-0.15, -0.1) is 0 Å². The van der Waals surface area contributed by atoms with Crippen LogP contribution in [-0.4, -0.2) is 46.1 Å². The summed E-state index contributed by atoms with van der Waals surface area (Å²) in [5, 5.41) is 0. The van der Waals surface area contributed by atoms with Crippen molar-refractivity contribution in [1.82, 2.24) is 9.80 Å². The van der Waals surface area contributed by atoms with Crippen molar-refractivity contribution in [3.8, 4) is 0 Å². The van der Waals surface area contributed by atoms with Gasteiger partial charge in [-0.1, -0.05) is 0 Å². The number of likely N-dealkylation sites (tertiary alicyclic amines) is 2. The Morgan fingerprint density at radius 1 is 0.800 bits per heavy atom. The summed E-state index contributed by atoms with van der Waals surface area (Å²) in [6, 6.07) is 1.65. The molecule has 0 N–H and O–H groups in total. The van der Waals surface area contributed by atoms with Gasteiger partial charge in [-0.3, -0.25) is 9.80 Å². The Morgan fingerprint density at radius 2 is 1.33 bits per heavy atom. The van der Waals surface area contributed by atoms with Crippen LogP contribution in [0.25, 0.3) is 0 Å². The molecule has 2 heterocycles. The fourth-order valence-corrected chi connectivity index (χ4v) is 3.22. The van der Waals surface area contributed by atoms with Crippen LogP contribution in [-0.2, 0) is 0 Å². The monoisotopic (exact) mass is 210 g/mol. The van der Waals surface area contributed by atoms with Gasteiger partial charge < -0.3 is 0 Å². The zero-order valence-electron chi connectivity index (χ0n) is 11.2. The summed E-state index contributed by atoms with van der Waals surface area (Å²) < 4.78 is 0. The van der Waals surface area contributed by atoms with E-state index in [4.69, 9.17) is 0 Å². The van der Waals surface area contributed by atoms with Crippen LogP contribution in [0.15, 0.2) is 0 Å². The van der Waals surface area contributed by atoms with Crippen LogP contribution in [0.2, 0.25) is 0 Å². The van der Waals surface area contributed by atoms with E-state index in [9.17, 15) is 0 Å². The number of rotatable bonds is 0. The smallest absolute Gasteiger partial charge is 0.0385 e. The summed E-state index contributed by atoms with van der Waals surface area (Å²) in [5.74, 6) is 0. The van der Waals surface area contributed by atoms with Gasteiger partial charge in [-0.25, -0.2) is 0 Å². The Bertz CT molecular complexity index is 246.